The van der Waals surface area contributed by atoms with Crippen molar-refractivity contribution in [1.82, 2.24) is 10.6 Å². The molecule has 0 heterocycles. The van der Waals surface area contributed by atoms with Gasteiger partial charge in [-0.3, -0.25) is 4.79 Å². The van der Waals surface area contributed by atoms with Gasteiger partial charge in [0.15, 0.2) is 0 Å². The number of para-hydroxylation sites is 1. The number of carbonyl (C=O) groups excluding carboxylic acids is 1. The molecule has 0 unspecified atom stereocenters. The van der Waals surface area contributed by atoms with Crippen LogP contribution in [-0.2, 0) is 11.3 Å². The van der Waals surface area contributed by atoms with Crippen molar-refractivity contribution in [2.75, 3.05) is 13.2 Å². The monoisotopic (exact) mass is 276 g/mol. The number of carbonyl (C=O) groups is 1. The van der Waals surface area contributed by atoms with Gasteiger partial charge in [0.05, 0.1) is 0 Å². The van der Waals surface area contributed by atoms with Crippen LogP contribution in [-0.4, -0.2) is 25.1 Å². The van der Waals surface area contributed by atoms with Gasteiger partial charge in [-0.25, -0.2) is 0 Å². The number of hydrogen-bond acceptors (Lipinski definition) is 3. The molecule has 110 valence electrons. The fourth-order valence-corrected chi connectivity index (χ4v) is 1.76. The molecule has 0 aromatic heterocycles. The van der Waals surface area contributed by atoms with Crippen LogP contribution in [0.5, 0.6) is 5.75 Å². The minimum atomic E-state index is 0.0729. The lowest BCUT2D eigenvalue weighted by molar-refractivity contribution is -0.121. The number of nitrogens with one attached hydrogen (secondary N) is 2. The van der Waals surface area contributed by atoms with E-state index in [9.17, 15) is 4.79 Å². The summed E-state index contributed by atoms with van der Waals surface area (Å²) in [4.78, 5) is 11.5. The fourth-order valence-electron chi connectivity index (χ4n) is 1.76. The van der Waals surface area contributed by atoms with Gasteiger partial charge in [-0.05, 0) is 19.9 Å². The average Bonchev–Trinajstić information content (AvgIpc) is 2.41. The van der Waals surface area contributed by atoms with Crippen molar-refractivity contribution in [2.24, 2.45) is 0 Å². The molecular formula is C16H24N2O2. The van der Waals surface area contributed by atoms with E-state index in [1.807, 2.05) is 38.1 Å². The lowest BCUT2D eigenvalue weighted by atomic mass is 10.2. The van der Waals surface area contributed by atoms with E-state index in [1.165, 1.54) is 0 Å². The number of rotatable bonds is 9. The summed E-state index contributed by atoms with van der Waals surface area (Å²) in [5, 5.41) is 6.12. The molecule has 0 saturated heterocycles. The summed E-state index contributed by atoms with van der Waals surface area (Å²) in [5.41, 5.74) is 1.08. The summed E-state index contributed by atoms with van der Waals surface area (Å²) < 4.78 is 5.58. The van der Waals surface area contributed by atoms with E-state index in [0.29, 0.717) is 26.1 Å². The summed E-state index contributed by atoms with van der Waals surface area (Å²) in [7, 11) is 0. The summed E-state index contributed by atoms with van der Waals surface area (Å²) in [5.74, 6) is 0.926. The van der Waals surface area contributed by atoms with E-state index in [1.54, 1.807) is 6.08 Å². The molecule has 1 rings (SSSR count). The van der Waals surface area contributed by atoms with Gasteiger partial charge in [0.2, 0.25) is 5.91 Å². The molecule has 4 heteroatoms. The van der Waals surface area contributed by atoms with E-state index < -0.39 is 0 Å². The number of ether oxygens (including phenoxy) is 1. The second-order valence-electron chi connectivity index (χ2n) is 4.86. The molecule has 0 aliphatic carbocycles. The Labute approximate surface area is 121 Å². The molecule has 0 spiro atoms. The van der Waals surface area contributed by atoms with Gasteiger partial charge >= 0.3 is 0 Å². The minimum absolute atomic E-state index is 0.0729. The Bertz CT molecular complexity index is 430. The molecule has 4 nitrogen and oxygen atoms in total. The van der Waals surface area contributed by atoms with E-state index in [4.69, 9.17) is 4.74 Å². The van der Waals surface area contributed by atoms with E-state index in [2.05, 4.69) is 17.2 Å². The third-order valence-corrected chi connectivity index (χ3v) is 2.62. The first kappa shape index (κ1) is 16.2. The highest BCUT2D eigenvalue weighted by Crippen LogP contribution is 2.17. The first-order valence-corrected chi connectivity index (χ1v) is 6.95. The molecule has 0 radical (unpaired) electrons. The van der Waals surface area contributed by atoms with Crippen LogP contribution in [0.4, 0.5) is 0 Å². The summed E-state index contributed by atoms with van der Waals surface area (Å²) in [6.07, 6.45) is 2.20. The SMILES string of the molecule is C=CCOc1ccccc1CNCCC(=O)NC(C)C. The molecule has 0 aliphatic rings. The average molecular weight is 276 g/mol. The van der Waals surface area contributed by atoms with Crippen molar-refractivity contribution >= 4 is 5.91 Å². The highest BCUT2D eigenvalue weighted by Gasteiger charge is 2.04. The summed E-state index contributed by atoms with van der Waals surface area (Å²) in [6, 6.07) is 8.06. The Morgan fingerprint density at radius 3 is 2.85 bits per heavy atom. The van der Waals surface area contributed by atoms with Crippen molar-refractivity contribution in [2.45, 2.75) is 32.9 Å². The normalized spacial score (nSPS) is 10.3. The molecule has 0 saturated carbocycles. The second-order valence-corrected chi connectivity index (χ2v) is 4.86. The van der Waals surface area contributed by atoms with E-state index in [0.717, 1.165) is 11.3 Å². The van der Waals surface area contributed by atoms with Crippen LogP contribution in [0.1, 0.15) is 25.8 Å². The van der Waals surface area contributed by atoms with Crippen LogP contribution in [0.3, 0.4) is 0 Å². The van der Waals surface area contributed by atoms with Crippen LogP contribution in [0.15, 0.2) is 36.9 Å². The minimum Gasteiger partial charge on any atom is -0.489 e. The molecule has 20 heavy (non-hydrogen) atoms. The Morgan fingerprint density at radius 2 is 2.15 bits per heavy atom. The van der Waals surface area contributed by atoms with Gasteiger partial charge in [0, 0.05) is 31.1 Å². The van der Waals surface area contributed by atoms with Gasteiger partial charge in [-0.15, -0.1) is 0 Å². The standard InChI is InChI=1S/C16H24N2O2/c1-4-11-20-15-8-6-5-7-14(15)12-17-10-9-16(19)18-13(2)3/h4-8,13,17H,1,9-12H2,2-3H3,(H,18,19). The molecule has 0 atom stereocenters. The Morgan fingerprint density at radius 1 is 1.40 bits per heavy atom. The largest absolute Gasteiger partial charge is 0.489 e. The Balaban J connectivity index is 2.34. The highest BCUT2D eigenvalue weighted by molar-refractivity contribution is 5.76. The van der Waals surface area contributed by atoms with Crippen molar-refractivity contribution < 1.29 is 9.53 Å². The van der Waals surface area contributed by atoms with Crippen molar-refractivity contribution in [3.8, 4) is 5.75 Å². The van der Waals surface area contributed by atoms with Crippen LogP contribution < -0.4 is 15.4 Å². The zero-order chi connectivity index (χ0) is 14.8. The maximum Gasteiger partial charge on any atom is 0.221 e. The molecule has 0 fully saturated rings. The predicted molar refractivity (Wildman–Crippen MR) is 81.7 cm³/mol. The molecule has 0 bridgehead atoms. The Hall–Kier alpha value is -1.81. The number of hydrogen-bond donors (Lipinski definition) is 2. The number of benzene rings is 1. The lowest BCUT2D eigenvalue weighted by Gasteiger charge is -2.11. The maximum absolute atomic E-state index is 11.5. The molecule has 2 N–H and O–H groups in total. The zero-order valence-corrected chi connectivity index (χ0v) is 12.3. The quantitative estimate of drug-likeness (QED) is 0.537. The topological polar surface area (TPSA) is 50.4 Å². The van der Waals surface area contributed by atoms with Crippen LogP contribution in [0.25, 0.3) is 0 Å². The third kappa shape index (κ3) is 6.38. The maximum atomic E-state index is 11.5. The van der Waals surface area contributed by atoms with Gasteiger partial charge in [-0.1, -0.05) is 30.9 Å². The van der Waals surface area contributed by atoms with Gasteiger partial charge < -0.3 is 15.4 Å². The van der Waals surface area contributed by atoms with Crippen LogP contribution >= 0.6 is 0 Å². The summed E-state index contributed by atoms with van der Waals surface area (Å²) >= 11 is 0. The number of amides is 1. The molecule has 0 aliphatic heterocycles. The van der Waals surface area contributed by atoms with Crippen LogP contribution in [0.2, 0.25) is 0 Å². The van der Waals surface area contributed by atoms with Crippen molar-refractivity contribution in [1.29, 1.82) is 0 Å². The third-order valence-electron chi connectivity index (χ3n) is 2.62. The summed E-state index contributed by atoms with van der Waals surface area (Å²) in [6.45, 7) is 9.38. The van der Waals surface area contributed by atoms with Gasteiger partial charge in [0.25, 0.3) is 0 Å². The first-order valence-electron chi connectivity index (χ1n) is 6.95. The van der Waals surface area contributed by atoms with E-state index >= 15 is 0 Å². The smallest absolute Gasteiger partial charge is 0.221 e. The molecule has 1 amide bonds. The Kier molecular flexibility index (Phi) is 7.43. The second kappa shape index (κ2) is 9.15. The first-order chi connectivity index (χ1) is 9.63. The van der Waals surface area contributed by atoms with Crippen molar-refractivity contribution in [3.05, 3.63) is 42.5 Å². The molecule has 1 aromatic carbocycles. The molecule has 1 aromatic rings. The van der Waals surface area contributed by atoms with Crippen molar-refractivity contribution in [3.63, 3.8) is 0 Å². The molecular weight excluding hydrogens is 252 g/mol. The van der Waals surface area contributed by atoms with Gasteiger partial charge in [-0.2, -0.15) is 0 Å². The highest BCUT2D eigenvalue weighted by atomic mass is 16.5. The zero-order valence-electron chi connectivity index (χ0n) is 12.3. The lowest BCUT2D eigenvalue weighted by Crippen LogP contribution is -2.32. The van der Waals surface area contributed by atoms with E-state index in [-0.39, 0.29) is 11.9 Å². The van der Waals surface area contributed by atoms with Gasteiger partial charge in [0.1, 0.15) is 12.4 Å². The predicted octanol–water partition coefficient (Wildman–Crippen LogP) is 2.26. The fraction of sp³-hybridized carbons (Fsp3) is 0.438. The van der Waals surface area contributed by atoms with Crippen LogP contribution in [0, 0.1) is 0 Å².